The van der Waals surface area contributed by atoms with Crippen molar-refractivity contribution in [3.63, 3.8) is 0 Å². The van der Waals surface area contributed by atoms with E-state index in [1.807, 2.05) is 0 Å². The van der Waals surface area contributed by atoms with Crippen LogP contribution >= 0.6 is 15.9 Å². The van der Waals surface area contributed by atoms with Crippen molar-refractivity contribution in [1.82, 2.24) is 5.32 Å². The van der Waals surface area contributed by atoms with Gasteiger partial charge in [-0.1, -0.05) is 57.9 Å². The number of hydrogen-bond donors (Lipinski definition) is 1. The average Bonchev–Trinajstić information content (AvgIpc) is 2.43. The van der Waals surface area contributed by atoms with Gasteiger partial charge in [0.1, 0.15) is 0 Å². The highest BCUT2D eigenvalue weighted by molar-refractivity contribution is 9.10. The average molecular weight is 344 g/mol. The lowest BCUT2D eigenvalue weighted by Gasteiger charge is -2.38. The lowest BCUT2D eigenvalue weighted by atomic mass is 9.75. The van der Waals surface area contributed by atoms with Crippen LogP contribution in [0.5, 0.6) is 0 Å². The molecule has 0 amide bonds. The first-order valence-electron chi connectivity index (χ1n) is 7.70. The van der Waals surface area contributed by atoms with E-state index in [4.69, 9.17) is 0 Å². The molecular formula is C19H22BrN. The van der Waals surface area contributed by atoms with E-state index in [2.05, 4.69) is 83.6 Å². The summed E-state index contributed by atoms with van der Waals surface area (Å²) in [6.45, 7) is 4.40. The summed E-state index contributed by atoms with van der Waals surface area (Å²) in [5.74, 6) is 0.713. The van der Waals surface area contributed by atoms with Gasteiger partial charge in [-0.25, -0.2) is 0 Å². The Balaban J connectivity index is 1.54. The van der Waals surface area contributed by atoms with Crippen LogP contribution in [0.25, 0.3) is 0 Å². The molecule has 21 heavy (non-hydrogen) atoms. The van der Waals surface area contributed by atoms with Crippen molar-refractivity contribution in [2.75, 3.05) is 0 Å². The van der Waals surface area contributed by atoms with Gasteiger partial charge < -0.3 is 5.32 Å². The van der Waals surface area contributed by atoms with Crippen molar-refractivity contribution < 1.29 is 0 Å². The molecule has 1 nitrogen and oxygen atoms in total. The molecule has 0 spiro atoms. The maximum Gasteiger partial charge on any atom is 0.0294 e. The summed E-state index contributed by atoms with van der Waals surface area (Å²) in [4.78, 5) is 0. The Bertz CT molecular complexity index is 599. The maximum absolute atomic E-state index is 3.75. The minimum absolute atomic E-state index is 0.430. The van der Waals surface area contributed by atoms with Gasteiger partial charge >= 0.3 is 0 Å². The summed E-state index contributed by atoms with van der Waals surface area (Å²) in [5, 5.41) is 3.75. The second-order valence-corrected chi connectivity index (χ2v) is 7.13. The Morgan fingerprint density at radius 1 is 1.10 bits per heavy atom. The second kappa shape index (κ2) is 6.33. The summed E-state index contributed by atoms with van der Waals surface area (Å²) in [6, 6.07) is 18.7. The third kappa shape index (κ3) is 3.56. The molecule has 1 atom stereocenters. The number of rotatable bonds is 4. The van der Waals surface area contributed by atoms with Gasteiger partial charge in [-0.3, -0.25) is 0 Å². The molecule has 0 heterocycles. The molecule has 2 aromatic rings. The molecule has 1 saturated carbocycles. The van der Waals surface area contributed by atoms with Crippen molar-refractivity contribution in [2.45, 2.75) is 44.7 Å². The largest absolute Gasteiger partial charge is 0.307 e. The van der Waals surface area contributed by atoms with Gasteiger partial charge in [-0.15, -0.1) is 0 Å². The van der Waals surface area contributed by atoms with Crippen LogP contribution in [0.3, 0.4) is 0 Å². The standard InChI is InChI=1S/C19H22BrN/c1-13-6-8-15(9-7-13)14(2)21-19-11-17(12-19)16-4-3-5-18(20)10-16/h3-10,14,17,19,21H,11-12H2,1-2H3/t14-,17?,19?/m0/s1. The zero-order valence-electron chi connectivity index (χ0n) is 12.6. The van der Waals surface area contributed by atoms with Crippen LogP contribution in [-0.2, 0) is 0 Å². The Hall–Kier alpha value is -1.12. The highest BCUT2D eigenvalue weighted by Crippen LogP contribution is 2.38. The van der Waals surface area contributed by atoms with E-state index in [9.17, 15) is 0 Å². The van der Waals surface area contributed by atoms with Crippen LogP contribution in [-0.4, -0.2) is 6.04 Å². The van der Waals surface area contributed by atoms with Crippen molar-refractivity contribution >= 4 is 15.9 Å². The van der Waals surface area contributed by atoms with E-state index in [0.717, 1.165) is 0 Å². The van der Waals surface area contributed by atoms with Gasteiger partial charge in [0.2, 0.25) is 0 Å². The minimum atomic E-state index is 0.430. The van der Waals surface area contributed by atoms with Gasteiger partial charge in [0.05, 0.1) is 0 Å². The van der Waals surface area contributed by atoms with Crippen molar-refractivity contribution in [3.05, 3.63) is 69.7 Å². The molecular weight excluding hydrogens is 322 g/mol. The van der Waals surface area contributed by atoms with Crippen LogP contribution in [0.15, 0.2) is 53.0 Å². The van der Waals surface area contributed by atoms with Crippen LogP contribution in [0.1, 0.15) is 48.4 Å². The van der Waals surface area contributed by atoms with E-state index in [1.165, 1.54) is 34.0 Å². The molecule has 2 aromatic carbocycles. The van der Waals surface area contributed by atoms with Gasteiger partial charge in [0.15, 0.2) is 0 Å². The maximum atomic E-state index is 3.75. The summed E-state index contributed by atoms with van der Waals surface area (Å²) < 4.78 is 1.18. The number of aryl methyl sites for hydroxylation is 1. The van der Waals surface area contributed by atoms with E-state index in [1.54, 1.807) is 0 Å². The molecule has 0 aromatic heterocycles. The smallest absolute Gasteiger partial charge is 0.0294 e. The van der Waals surface area contributed by atoms with E-state index >= 15 is 0 Å². The fraction of sp³-hybridized carbons (Fsp3) is 0.368. The third-order valence-corrected chi connectivity index (χ3v) is 5.01. The normalized spacial score (nSPS) is 22.6. The van der Waals surface area contributed by atoms with E-state index in [-0.39, 0.29) is 0 Å². The first kappa shape index (κ1) is 14.8. The van der Waals surface area contributed by atoms with Gasteiger partial charge in [-0.05, 0) is 55.9 Å². The quantitative estimate of drug-likeness (QED) is 0.788. The van der Waals surface area contributed by atoms with Crippen LogP contribution < -0.4 is 5.32 Å². The Labute approximate surface area is 135 Å². The Kier molecular flexibility index (Phi) is 4.46. The zero-order chi connectivity index (χ0) is 14.8. The summed E-state index contributed by atoms with van der Waals surface area (Å²) in [6.07, 6.45) is 2.49. The topological polar surface area (TPSA) is 12.0 Å². The number of halogens is 1. The van der Waals surface area contributed by atoms with E-state index < -0.39 is 0 Å². The number of hydrogen-bond acceptors (Lipinski definition) is 1. The van der Waals surface area contributed by atoms with Gasteiger partial charge in [0.25, 0.3) is 0 Å². The molecule has 0 radical (unpaired) electrons. The number of benzene rings is 2. The molecule has 1 N–H and O–H groups in total. The van der Waals surface area contributed by atoms with Crippen LogP contribution in [0.2, 0.25) is 0 Å². The molecule has 3 rings (SSSR count). The van der Waals surface area contributed by atoms with E-state index in [0.29, 0.717) is 18.0 Å². The molecule has 0 bridgehead atoms. The lowest BCUT2D eigenvalue weighted by Crippen LogP contribution is -2.41. The highest BCUT2D eigenvalue weighted by atomic mass is 79.9. The van der Waals surface area contributed by atoms with Crippen molar-refractivity contribution in [1.29, 1.82) is 0 Å². The van der Waals surface area contributed by atoms with Crippen LogP contribution in [0, 0.1) is 6.92 Å². The molecule has 0 unspecified atom stereocenters. The van der Waals surface area contributed by atoms with Gasteiger partial charge in [0, 0.05) is 16.6 Å². The van der Waals surface area contributed by atoms with Crippen LogP contribution in [0.4, 0.5) is 0 Å². The molecule has 2 heteroatoms. The first-order chi connectivity index (χ1) is 10.1. The SMILES string of the molecule is Cc1ccc([C@H](C)NC2CC(c3cccc(Br)c3)C2)cc1. The van der Waals surface area contributed by atoms with Gasteiger partial charge in [-0.2, -0.15) is 0 Å². The Morgan fingerprint density at radius 3 is 2.48 bits per heavy atom. The molecule has 110 valence electrons. The third-order valence-electron chi connectivity index (χ3n) is 4.52. The molecule has 1 aliphatic carbocycles. The van der Waals surface area contributed by atoms with Crippen molar-refractivity contribution in [3.8, 4) is 0 Å². The predicted octanol–water partition coefficient (Wildman–Crippen LogP) is 5.35. The number of nitrogens with one attached hydrogen (secondary N) is 1. The fourth-order valence-corrected chi connectivity index (χ4v) is 3.51. The zero-order valence-corrected chi connectivity index (χ0v) is 14.2. The monoisotopic (exact) mass is 343 g/mol. The predicted molar refractivity (Wildman–Crippen MR) is 92.6 cm³/mol. The summed E-state index contributed by atoms with van der Waals surface area (Å²) in [7, 11) is 0. The molecule has 1 fully saturated rings. The minimum Gasteiger partial charge on any atom is -0.307 e. The Morgan fingerprint density at radius 2 is 1.81 bits per heavy atom. The lowest BCUT2D eigenvalue weighted by molar-refractivity contribution is 0.271. The fourth-order valence-electron chi connectivity index (χ4n) is 3.09. The first-order valence-corrected chi connectivity index (χ1v) is 8.49. The molecule has 1 aliphatic rings. The highest BCUT2D eigenvalue weighted by Gasteiger charge is 2.31. The molecule has 0 aliphatic heterocycles. The molecule has 0 saturated heterocycles. The summed E-state index contributed by atoms with van der Waals surface area (Å²) in [5.41, 5.74) is 4.17. The van der Waals surface area contributed by atoms with Crippen molar-refractivity contribution in [2.24, 2.45) is 0 Å². The summed E-state index contributed by atoms with van der Waals surface area (Å²) >= 11 is 3.56. The second-order valence-electron chi connectivity index (χ2n) is 6.22.